The first-order valence-corrected chi connectivity index (χ1v) is 5.46. The van der Waals surface area contributed by atoms with Crippen molar-refractivity contribution in [1.82, 2.24) is 9.97 Å². The van der Waals surface area contributed by atoms with Crippen molar-refractivity contribution in [2.75, 3.05) is 24.2 Å². The van der Waals surface area contributed by atoms with Gasteiger partial charge in [-0.3, -0.25) is 4.79 Å². The molecule has 0 radical (unpaired) electrons. The van der Waals surface area contributed by atoms with Crippen LogP contribution in [0.25, 0.3) is 0 Å². The van der Waals surface area contributed by atoms with Crippen LogP contribution in [0.4, 0.5) is 11.5 Å². The average molecular weight is 224 g/mol. The monoisotopic (exact) mass is 224 g/mol. The summed E-state index contributed by atoms with van der Waals surface area (Å²) in [5.41, 5.74) is 5.40. The van der Waals surface area contributed by atoms with Crippen molar-refractivity contribution >= 4 is 11.5 Å². The maximum Gasteiger partial charge on any atom is 0.276 e. The third-order valence-electron chi connectivity index (χ3n) is 2.67. The molecular formula is C10H16N4O2. The average Bonchev–Trinajstić information content (AvgIpc) is 2.77. The molecule has 6 nitrogen and oxygen atoms in total. The van der Waals surface area contributed by atoms with Gasteiger partial charge in [-0.05, 0) is 19.3 Å². The van der Waals surface area contributed by atoms with Gasteiger partial charge in [-0.1, -0.05) is 0 Å². The van der Waals surface area contributed by atoms with Gasteiger partial charge in [0.15, 0.2) is 5.82 Å². The lowest BCUT2D eigenvalue weighted by Gasteiger charge is -2.10. The van der Waals surface area contributed by atoms with Crippen LogP contribution in [0.2, 0.25) is 0 Å². The summed E-state index contributed by atoms with van der Waals surface area (Å²) in [6.07, 6.45) is 4.83. The molecule has 0 spiro atoms. The van der Waals surface area contributed by atoms with E-state index >= 15 is 0 Å². The topological polar surface area (TPSA) is 93.0 Å². The Morgan fingerprint density at radius 2 is 2.56 bits per heavy atom. The Kier molecular flexibility index (Phi) is 3.40. The van der Waals surface area contributed by atoms with Crippen molar-refractivity contribution in [1.29, 1.82) is 0 Å². The number of aromatic amines is 1. The third-order valence-corrected chi connectivity index (χ3v) is 2.67. The maximum atomic E-state index is 11.2. The number of nitrogens with one attached hydrogen (secondary N) is 2. The van der Waals surface area contributed by atoms with E-state index in [4.69, 9.17) is 10.5 Å². The van der Waals surface area contributed by atoms with Crippen LogP contribution >= 0.6 is 0 Å². The fraction of sp³-hybridized carbons (Fsp3) is 0.600. The number of aromatic nitrogens is 2. The highest BCUT2D eigenvalue weighted by Gasteiger charge is 2.14. The number of rotatable bonds is 4. The molecular weight excluding hydrogens is 208 g/mol. The Morgan fingerprint density at radius 1 is 1.69 bits per heavy atom. The van der Waals surface area contributed by atoms with Crippen molar-refractivity contribution in [3.05, 3.63) is 16.7 Å². The van der Waals surface area contributed by atoms with Crippen molar-refractivity contribution in [3.8, 4) is 0 Å². The molecule has 0 amide bonds. The van der Waals surface area contributed by atoms with Crippen LogP contribution in [0, 0.1) is 0 Å². The minimum atomic E-state index is -0.311. The summed E-state index contributed by atoms with van der Waals surface area (Å²) in [5.74, 6) is 0.446. The molecule has 1 aromatic rings. The van der Waals surface area contributed by atoms with E-state index in [-0.39, 0.29) is 11.2 Å². The van der Waals surface area contributed by atoms with Crippen LogP contribution in [0.5, 0.6) is 0 Å². The lowest BCUT2D eigenvalue weighted by atomic mass is 10.2. The van der Waals surface area contributed by atoms with Gasteiger partial charge < -0.3 is 20.8 Å². The molecule has 1 saturated heterocycles. The molecule has 1 atom stereocenters. The number of nitrogens with zero attached hydrogens (tertiary/aromatic N) is 1. The number of H-pyrrole nitrogens is 1. The van der Waals surface area contributed by atoms with E-state index in [0.29, 0.717) is 18.5 Å². The number of nitrogen functional groups attached to an aromatic ring is 1. The largest absolute Gasteiger partial charge is 0.391 e. The zero-order chi connectivity index (χ0) is 11.4. The standard InChI is InChI=1S/C10H16N4O2/c11-8-9(13-6-14-10(8)15)12-4-3-7-2-1-5-16-7/h6-7H,1-5,11H2,(H2,12,13,14,15). The summed E-state index contributed by atoms with van der Waals surface area (Å²) in [6, 6.07) is 0. The first kappa shape index (κ1) is 10.9. The van der Waals surface area contributed by atoms with E-state index in [1.807, 2.05) is 0 Å². The van der Waals surface area contributed by atoms with Crippen LogP contribution in [-0.2, 0) is 4.74 Å². The van der Waals surface area contributed by atoms with E-state index in [0.717, 1.165) is 25.9 Å². The SMILES string of the molecule is Nc1c(NCCC2CCCO2)nc[nH]c1=O. The summed E-state index contributed by atoms with van der Waals surface area (Å²) in [4.78, 5) is 17.6. The number of hydrogen-bond acceptors (Lipinski definition) is 5. The molecule has 1 aromatic heterocycles. The normalized spacial score (nSPS) is 19.9. The summed E-state index contributed by atoms with van der Waals surface area (Å²) >= 11 is 0. The van der Waals surface area contributed by atoms with Crippen LogP contribution in [-0.4, -0.2) is 29.2 Å². The predicted molar refractivity (Wildman–Crippen MR) is 61.4 cm³/mol. The van der Waals surface area contributed by atoms with Crippen LogP contribution in [0.15, 0.2) is 11.1 Å². The molecule has 0 aromatic carbocycles. The van der Waals surface area contributed by atoms with E-state index in [2.05, 4.69) is 15.3 Å². The molecule has 1 fully saturated rings. The fourth-order valence-corrected chi connectivity index (χ4v) is 1.77. The molecule has 0 aliphatic carbocycles. The van der Waals surface area contributed by atoms with Gasteiger partial charge in [0.05, 0.1) is 12.4 Å². The molecule has 2 heterocycles. The first-order chi connectivity index (χ1) is 7.77. The molecule has 16 heavy (non-hydrogen) atoms. The van der Waals surface area contributed by atoms with Gasteiger partial charge in [0.1, 0.15) is 5.69 Å². The summed E-state index contributed by atoms with van der Waals surface area (Å²) in [5, 5.41) is 3.04. The third kappa shape index (κ3) is 2.52. The zero-order valence-electron chi connectivity index (χ0n) is 9.03. The van der Waals surface area contributed by atoms with Crippen molar-refractivity contribution in [3.63, 3.8) is 0 Å². The van der Waals surface area contributed by atoms with E-state index in [1.54, 1.807) is 0 Å². The molecule has 2 rings (SSSR count). The molecule has 4 N–H and O–H groups in total. The Labute approximate surface area is 93.2 Å². The van der Waals surface area contributed by atoms with Gasteiger partial charge in [0.25, 0.3) is 5.56 Å². The molecule has 0 bridgehead atoms. The molecule has 1 aliphatic rings. The van der Waals surface area contributed by atoms with Crippen molar-refractivity contribution in [2.24, 2.45) is 0 Å². The number of hydrogen-bond donors (Lipinski definition) is 3. The lowest BCUT2D eigenvalue weighted by Crippen LogP contribution is -2.18. The Morgan fingerprint density at radius 3 is 3.31 bits per heavy atom. The van der Waals surface area contributed by atoms with Crippen molar-refractivity contribution < 1.29 is 4.74 Å². The number of nitrogens with two attached hydrogens (primary N) is 1. The number of ether oxygens (including phenoxy) is 1. The molecule has 1 unspecified atom stereocenters. The first-order valence-electron chi connectivity index (χ1n) is 5.46. The minimum absolute atomic E-state index is 0.134. The van der Waals surface area contributed by atoms with Gasteiger partial charge in [-0.2, -0.15) is 0 Å². The molecule has 1 aliphatic heterocycles. The van der Waals surface area contributed by atoms with Crippen LogP contribution in [0.3, 0.4) is 0 Å². The molecule has 0 saturated carbocycles. The maximum absolute atomic E-state index is 11.2. The van der Waals surface area contributed by atoms with Crippen LogP contribution < -0.4 is 16.6 Å². The zero-order valence-corrected chi connectivity index (χ0v) is 9.03. The van der Waals surface area contributed by atoms with E-state index in [9.17, 15) is 4.79 Å². The molecule has 88 valence electrons. The number of anilines is 2. The Bertz CT molecular complexity index is 398. The second kappa shape index (κ2) is 4.98. The van der Waals surface area contributed by atoms with Crippen molar-refractivity contribution in [2.45, 2.75) is 25.4 Å². The Hall–Kier alpha value is -1.56. The van der Waals surface area contributed by atoms with Gasteiger partial charge in [-0.15, -0.1) is 0 Å². The van der Waals surface area contributed by atoms with Crippen LogP contribution in [0.1, 0.15) is 19.3 Å². The summed E-state index contributed by atoms with van der Waals surface area (Å²) < 4.78 is 5.49. The highest BCUT2D eigenvalue weighted by atomic mass is 16.5. The quantitative estimate of drug-likeness (QED) is 0.685. The highest BCUT2D eigenvalue weighted by molar-refractivity contribution is 5.58. The van der Waals surface area contributed by atoms with Gasteiger partial charge in [0, 0.05) is 13.2 Å². The Balaban J connectivity index is 1.84. The predicted octanol–water partition coefficient (Wildman–Crippen LogP) is 0.333. The lowest BCUT2D eigenvalue weighted by molar-refractivity contribution is 0.107. The summed E-state index contributed by atoms with van der Waals surface area (Å²) in [6.45, 7) is 1.57. The smallest absolute Gasteiger partial charge is 0.276 e. The fourth-order valence-electron chi connectivity index (χ4n) is 1.77. The van der Waals surface area contributed by atoms with Gasteiger partial charge in [0.2, 0.25) is 0 Å². The van der Waals surface area contributed by atoms with Gasteiger partial charge in [-0.25, -0.2) is 4.98 Å². The second-order valence-corrected chi connectivity index (χ2v) is 3.84. The van der Waals surface area contributed by atoms with Gasteiger partial charge >= 0.3 is 0 Å². The second-order valence-electron chi connectivity index (χ2n) is 3.84. The van der Waals surface area contributed by atoms with E-state index < -0.39 is 0 Å². The van der Waals surface area contributed by atoms with E-state index in [1.165, 1.54) is 6.33 Å². The highest BCUT2D eigenvalue weighted by Crippen LogP contribution is 2.15. The molecule has 6 heteroatoms. The summed E-state index contributed by atoms with van der Waals surface area (Å²) in [7, 11) is 0. The minimum Gasteiger partial charge on any atom is -0.391 e.